The first-order valence-electron chi connectivity index (χ1n) is 4.48. The van der Waals surface area contributed by atoms with Crippen LogP contribution in [-0.4, -0.2) is 23.4 Å². The number of hydrogen-bond acceptors (Lipinski definition) is 2. The van der Waals surface area contributed by atoms with Crippen LogP contribution >= 0.6 is 0 Å². The van der Waals surface area contributed by atoms with E-state index in [2.05, 4.69) is 20.8 Å². The molecule has 0 unspecified atom stereocenters. The van der Waals surface area contributed by atoms with E-state index in [1.165, 1.54) is 0 Å². The zero-order chi connectivity index (χ0) is 8.43. The third kappa shape index (κ3) is 1.94. The quantitative estimate of drug-likeness (QED) is 0.661. The summed E-state index contributed by atoms with van der Waals surface area (Å²) in [5.74, 6) is 0.529. The molecule has 0 amide bonds. The van der Waals surface area contributed by atoms with Gasteiger partial charge in [0.05, 0.1) is 18.3 Å². The molecule has 11 heavy (non-hydrogen) atoms. The fourth-order valence-corrected chi connectivity index (χ4v) is 1.56. The summed E-state index contributed by atoms with van der Waals surface area (Å²) >= 11 is 0. The summed E-state index contributed by atoms with van der Waals surface area (Å²) in [7, 11) is 0. The molecule has 1 aliphatic rings. The van der Waals surface area contributed by atoms with Crippen molar-refractivity contribution >= 4 is 0 Å². The van der Waals surface area contributed by atoms with E-state index in [9.17, 15) is 5.11 Å². The number of aliphatic hydroxyl groups is 1. The van der Waals surface area contributed by atoms with E-state index in [1.54, 1.807) is 0 Å². The molecule has 0 spiro atoms. The van der Waals surface area contributed by atoms with Gasteiger partial charge in [0.25, 0.3) is 0 Å². The Morgan fingerprint density at radius 1 is 1.55 bits per heavy atom. The van der Waals surface area contributed by atoms with Gasteiger partial charge in [0.2, 0.25) is 0 Å². The van der Waals surface area contributed by atoms with Gasteiger partial charge in [0.15, 0.2) is 0 Å². The summed E-state index contributed by atoms with van der Waals surface area (Å²) in [5.41, 5.74) is 0. The van der Waals surface area contributed by atoms with Gasteiger partial charge in [-0.25, -0.2) is 0 Å². The van der Waals surface area contributed by atoms with Gasteiger partial charge < -0.3 is 9.84 Å². The standard InChI is InChI=1S/C9H18O2/c1-4-8-7(10)5-9(11-8)6(2)3/h6-10H,4-5H2,1-3H3/t7-,8+,9+/m1/s1. The second-order valence-corrected chi connectivity index (χ2v) is 3.67. The van der Waals surface area contributed by atoms with E-state index in [1.807, 2.05) is 0 Å². The van der Waals surface area contributed by atoms with Crippen LogP contribution in [0, 0.1) is 5.92 Å². The first-order chi connectivity index (χ1) is 5.15. The van der Waals surface area contributed by atoms with Crippen molar-refractivity contribution in [1.82, 2.24) is 0 Å². The lowest BCUT2D eigenvalue weighted by molar-refractivity contribution is -0.00693. The summed E-state index contributed by atoms with van der Waals surface area (Å²) in [6.07, 6.45) is 1.87. The zero-order valence-corrected chi connectivity index (χ0v) is 7.58. The second kappa shape index (κ2) is 3.55. The largest absolute Gasteiger partial charge is 0.390 e. The molecule has 0 saturated carbocycles. The van der Waals surface area contributed by atoms with Crippen molar-refractivity contribution in [2.24, 2.45) is 5.92 Å². The summed E-state index contributed by atoms with van der Waals surface area (Å²) in [5, 5.41) is 9.48. The van der Waals surface area contributed by atoms with Gasteiger partial charge in [0, 0.05) is 6.42 Å². The van der Waals surface area contributed by atoms with Crippen molar-refractivity contribution in [3.05, 3.63) is 0 Å². The number of rotatable bonds is 2. The maximum atomic E-state index is 9.48. The van der Waals surface area contributed by atoms with Crippen LogP contribution in [0.2, 0.25) is 0 Å². The van der Waals surface area contributed by atoms with Crippen LogP contribution < -0.4 is 0 Å². The molecule has 1 saturated heterocycles. The molecule has 3 atom stereocenters. The van der Waals surface area contributed by atoms with Crippen LogP contribution in [-0.2, 0) is 4.74 Å². The SMILES string of the molecule is CC[C@@H]1O[C@H](C(C)C)C[C@H]1O. The van der Waals surface area contributed by atoms with E-state index >= 15 is 0 Å². The number of hydrogen-bond donors (Lipinski definition) is 1. The Balaban J connectivity index is 2.43. The van der Waals surface area contributed by atoms with Gasteiger partial charge in [-0.15, -0.1) is 0 Å². The molecule has 1 aliphatic heterocycles. The average Bonchev–Trinajstić information content (AvgIpc) is 2.31. The zero-order valence-electron chi connectivity index (χ0n) is 7.58. The minimum absolute atomic E-state index is 0.0856. The highest BCUT2D eigenvalue weighted by molar-refractivity contribution is 4.82. The topological polar surface area (TPSA) is 29.5 Å². The lowest BCUT2D eigenvalue weighted by atomic mass is 10.0. The molecule has 2 nitrogen and oxygen atoms in total. The Kier molecular flexibility index (Phi) is 2.90. The third-order valence-corrected chi connectivity index (χ3v) is 2.40. The van der Waals surface area contributed by atoms with E-state index in [-0.39, 0.29) is 18.3 Å². The van der Waals surface area contributed by atoms with Gasteiger partial charge in [-0.1, -0.05) is 20.8 Å². The molecule has 1 fully saturated rings. The molecule has 2 heteroatoms. The normalized spacial score (nSPS) is 38.5. The van der Waals surface area contributed by atoms with Crippen molar-refractivity contribution in [1.29, 1.82) is 0 Å². The molecule has 0 aromatic carbocycles. The van der Waals surface area contributed by atoms with Crippen LogP contribution in [0.25, 0.3) is 0 Å². The molecule has 0 radical (unpaired) electrons. The molecule has 1 N–H and O–H groups in total. The molecule has 0 aliphatic carbocycles. The van der Waals surface area contributed by atoms with E-state index in [0.29, 0.717) is 5.92 Å². The smallest absolute Gasteiger partial charge is 0.0836 e. The van der Waals surface area contributed by atoms with E-state index in [0.717, 1.165) is 12.8 Å². The average molecular weight is 158 g/mol. The van der Waals surface area contributed by atoms with Gasteiger partial charge in [-0.2, -0.15) is 0 Å². The molecule has 0 aromatic heterocycles. The highest BCUT2D eigenvalue weighted by Crippen LogP contribution is 2.26. The number of ether oxygens (including phenoxy) is 1. The maximum absolute atomic E-state index is 9.48. The molecular weight excluding hydrogens is 140 g/mol. The summed E-state index contributed by atoms with van der Waals surface area (Å²) in [4.78, 5) is 0. The van der Waals surface area contributed by atoms with Crippen LogP contribution in [0.5, 0.6) is 0 Å². The van der Waals surface area contributed by atoms with Crippen molar-refractivity contribution in [2.75, 3.05) is 0 Å². The first-order valence-corrected chi connectivity index (χ1v) is 4.48. The number of aliphatic hydroxyl groups excluding tert-OH is 1. The van der Waals surface area contributed by atoms with E-state index < -0.39 is 0 Å². The first kappa shape index (κ1) is 9.01. The summed E-state index contributed by atoms with van der Waals surface area (Å²) in [6.45, 7) is 6.32. The predicted octanol–water partition coefficient (Wildman–Crippen LogP) is 1.57. The fourth-order valence-electron chi connectivity index (χ4n) is 1.56. The van der Waals surface area contributed by atoms with Gasteiger partial charge in [0.1, 0.15) is 0 Å². The molecular formula is C9H18O2. The van der Waals surface area contributed by atoms with Crippen molar-refractivity contribution in [3.63, 3.8) is 0 Å². The van der Waals surface area contributed by atoms with Crippen molar-refractivity contribution in [3.8, 4) is 0 Å². The molecule has 0 aromatic rings. The van der Waals surface area contributed by atoms with Crippen molar-refractivity contribution in [2.45, 2.75) is 51.9 Å². The Bertz CT molecular complexity index is 123. The van der Waals surface area contributed by atoms with Crippen LogP contribution in [0.15, 0.2) is 0 Å². The minimum atomic E-state index is -0.229. The lowest BCUT2D eigenvalue weighted by Crippen LogP contribution is -2.19. The van der Waals surface area contributed by atoms with Gasteiger partial charge in [-0.05, 0) is 12.3 Å². The lowest BCUT2D eigenvalue weighted by Gasteiger charge is -2.14. The molecule has 1 rings (SSSR count). The van der Waals surface area contributed by atoms with Crippen LogP contribution in [0.4, 0.5) is 0 Å². The minimum Gasteiger partial charge on any atom is -0.390 e. The fraction of sp³-hybridized carbons (Fsp3) is 1.00. The Morgan fingerprint density at radius 2 is 2.18 bits per heavy atom. The van der Waals surface area contributed by atoms with Crippen molar-refractivity contribution < 1.29 is 9.84 Å². The second-order valence-electron chi connectivity index (χ2n) is 3.67. The summed E-state index contributed by atoms with van der Waals surface area (Å²) < 4.78 is 5.63. The van der Waals surface area contributed by atoms with Crippen LogP contribution in [0.1, 0.15) is 33.6 Å². The Morgan fingerprint density at radius 3 is 2.45 bits per heavy atom. The summed E-state index contributed by atoms with van der Waals surface area (Å²) in [6, 6.07) is 0. The molecule has 1 heterocycles. The Labute approximate surface area is 68.6 Å². The predicted molar refractivity (Wildman–Crippen MR) is 44.4 cm³/mol. The highest BCUT2D eigenvalue weighted by Gasteiger charge is 2.33. The monoisotopic (exact) mass is 158 g/mol. The van der Waals surface area contributed by atoms with E-state index in [4.69, 9.17) is 4.74 Å². The highest BCUT2D eigenvalue weighted by atomic mass is 16.5. The third-order valence-electron chi connectivity index (χ3n) is 2.40. The molecule has 66 valence electrons. The van der Waals surface area contributed by atoms with Gasteiger partial charge in [-0.3, -0.25) is 0 Å². The Hall–Kier alpha value is -0.0800. The van der Waals surface area contributed by atoms with Gasteiger partial charge >= 0.3 is 0 Å². The van der Waals surface area contributed by atoms with Crippen LogP contribution in [0.3, 0.4) is 0 Å². The maximum Gasteiger partial charge on any atom is 0.0836 e. The molecule has 0 bridgehead atoms.